The van der Waals surface area contributed by atoms with E-state index in [9.17, 15) is 9.59 Å². The van der Waals surface area contributed by atoms with Gasteiger partial charge in [0.1, 0.15) is 0 Å². The van der Waals surface area contributed by atoms with E-state index in [1.165, 1.54) is 29.7 Å². The minimum Gasteiger partial charge on any atom is -0.466 e. The molecule has 0 radical (unpaired) electrons. The first kappa shape index (κ1) is 24.7. The molecule has 0 aliphatic heterocycles. The van der Waals surface area contributed by atoms with Crippen molar-refractivity contribution in [3.63, 3.8) is 0 Å². The molecule has 4 N–H and O–H groups in total. The number of rotatable bonds is 8. The van der Waals surface area contributed by atoms with E-state index in [1.807, 2.05) is 12.2 Å². The maximum Gasteiger partial charge on any atom is 0.311 e. The van der Waals surface area contributed by atoms with E-state index in [1.54, 1.807) is 6.92 Å². The number of benzene rings is 1. The number of amides is 1. The summed E-state index contributed by atoms with van der Waals surface area (Å²) in [6.07, 6.45) is 10.8. The first-order valence-corrected chi connectivity index (χ1v) is 11.3. The SMILES string of the molecule is CC(N)C1=C(NCc2ccccc2)CCCC1.CCOC(=O)C1CC=CCC1NC=O. The maximum atomic E-state index is 11.5. The van der Waals surface area contributed by atoms with Crippen molar-refractivity contribution in [2.24, 2.45) is 11.7 Å². The molecule has 0 fully saturated rings. The minimum atomic E-state index is -0.231. The predicted octanol–water partition coefficient (Wildman–Crippen LogP) is 3.58. The number of carbonyl (C=O) groups excluding carboxylic acids is 2. The van der Waals surface area contributed by atoms with Gasteiger partial charge in [-0.3, -0.25) is 9.59 Å². The van der Waals surface area contributed by atoms with Gasteiger partial charge in [0.25, 0.3) is 0 Å². The lowest BCUT2D eigenvalue weighted by Crippen LogP contribution is -2.41. The first-order chi connectivity index (χ1) is 15.1. The van der Waals surface area contributed by atoms with Crippen LogP contribution in [-0.2, 0) is 20.9 Å². The lowest BCUT2D eigenvalue weighted by atomic mass is 9.89. The summed E-state index contributed by atoms with van der Waals surface area (Å²) in [4.78, 5) is 21.8. The van der Waals surface area contributed by atoms with Crippen LogP contribution < -0.4 is 16.4 Å². The highest BCUT2D eigenvalue weighted by atomic mass is 16.5. The van der Waals surface area contributed by atoms with Gasteiger partial charge in [-0.1, -0.05) is 42.5 Å². The zero-order chi connectivity index (χ0) is 22.5. The monoisotopic (exact) mass is 427 g/mol. The molecule has 170 valence electrons. The van der Waals surface area contributed by atoms with E-state index in [0.29, 0.717) is 25.9 Å². The molecule has 0 heterocycles. The van der Waals surface area contributed by atoms with Crippen LogP contribution in [0, 0.1) is 5.92 Å². The number of nitrogens with one attached hydrogen (secondary N) is 2. The van der Waals surface area contributed by atoms with Crippen LogP contribution >= 0.6 is 0 Å². The fourth-order valence-electron chi connectivity index (χ4n) is 4.03. The molecule has 6 nitrogen and oxygen atoms in total. The second-order valence-electron chi connectivity index (χ2n) is 8.03. The van der Waals surface area contributed by atoms with Gasteiger partial charge in [-0.15, -0.1) is 0 Å². The van der Waals surface area contributed by atoms with Gasteiger partial charge < -0.3 is 21.1 Å². The average molecular weight is 428 g/mol. The molecule has 3 atom stereocenters. The number of esters is 1. The highest BCUT2D eigenvalue weighted by molar-refractivity contribution is 5.74. The van der Waals surface area contributed by atoms with Crippen molar-refractivity contribution in [3.8, 4) is 0 Å². The molecule has 0 saturated heterocycles. The van der Waals surface area contributed by atoms with E-state index in [2.05, 4.69) is 47.9 Å². The standard InChI is InChI=1S/C15H22N2.C10H15NO3/c1-12(16)14-9-5-6-10-15(14)17-11-13-7-3-2-4-8-13;1-2-14-10(13)8-5-3-4-6-9(8)11-7-12/h2-4,7-8,12,17H,5-6,9-11,16H2,1H3;3-4,7-9H,2,5-6H2,1H3,(H,11,12). The molecule has 1 aromatic carbocycles. The molecule has 2 aliphatic rings. The second-order valence-corrected chi connectivity index (χ2v) is 8.03. The minimum absolute atomic E-state index is 0.114. The molecule has 1 amide bonds. The van der Waals surface area contributed by atoms with Gasteiger partial charge in [-0.2, -0.15) is 0 Å². The maximum absolute atomic E-state index is 11.5. The quantitative estimate of drug-likeness (QED) is 0.335. The van der Waals surface area contributed by atoms with Gasteiger partial charge in [0.15, 0.2) is 0 Å². The van der Waals surface area contributed by atoms with E-state index in [4.69, 9.17) is 10.5 Å². The Balaban J connectivity index is 0.000000225. The van der Waals surface area contributed by atoms with Crippen LogP contribution in [0.3, 0.4) is 0 Å². The molecule has 0 aromatic heterocycles. The molecular weight excluding hydrogens is 390 g/mol. The third kappa shape index (κ3) is 8.21. The summed E-state index contributed by atoms with van der Waals surface area (Å²) in [6.45, 7) is 5.16. The molecule has 2 aliphatic carbocycles. The van der Waals surface area contributed by atoms with Crippen LogP contribution in [0.5, 0.6) is 0 Å². The lowest BCUT2D eigenvalue weighted by molar-refractivity contribution is -0.149. The summed E-state index contributed by atoms with van der Waals surface area (Å²) < 4.78 is 4.93. The highest BCUT2D eigenvalue weighted by Gasteiger charge is 2.29. The fraction of sp³-hybridized carbons (Fsp3) is 0.520. The van der Waals surface area contributed by atoms with Crippen molar-refractivity contribution in [3.05, 3.63) is 59.3 Å². The third-order valence-corrected chi connectivity index (χ3v) is 5.71. The van der Waals surface area contributed by atoms with Crippen molar-refractivity contribution in [1.82, 2.24) is 10.6 Å². The Morgan fingerprint density at radius 3 is 2.58 bits per heavy atom. The summed E-state index contributed by atoms with van der Waals surface area (Å²) in [5.74, 6) is -0.457. The fourth-order valence-corrected chi connectivity index (χ4v) is 4.03. The highest BCUT2D eigenvalue weighted by Crippen LogP contribution is 2.25. The molecule has 1 aromatic rings. The zero-order valence-corrected chi connectivity index (χ0v) is 18.8. The van der Waals surface area contributed by atoms with Gasteiger partial charge in [0.05, 0.1) is 12.5 Å². The Bertz CT molecular complexity index is 744. The molecule has 0 spiro atoms. The third-order valence-electron chi connectivity index (χ3n) is 5.71. The molecule has 0 bridgehead atoms. The average Bonchev–Trinajstić information content (AvgIpc) is 2.80. The van der Waals surface area contributed by atoms with Crippen molar-refractivity contribution in [1.29, 1.82) is 0 Å². The Labute approximate surface area is 186 Å². The normalized spacial score (nSPS) is 21.4. The first-order valence-electron chi connectivity index (χ1n) is 11.3. The van der Waals surface area contributed by atoms with Crippen LogP contribution in [0.25, 0.3) is 0 Å². The van der Waals surface area contributed by atoms with Crippen LogP contribution in [0.1, 0.15) is 57.9 Å². The summed E-state index contributed by atoms with van der Waals surface area (Å²) in [5, 5.41) is 6.21. The number of allylic oxidation sites excluding steroid dienone is 2. The van der Waals surface area contributed by atoms with Gasteiger partial charge in [-0.25, -0.2) is 0 Å². The van der Waals surface area contributed by atoms with E-state index in [0.717, 1.165) is 19.4 Å². The van der Waals surface area contributed by atoms with E-state index >= 15 is 0 Å². The largest absolute Gasteiger partial charge is 0.466 e. The molecular formula is C25H37N3O3. The predicted molar refractivity (Wildman–Crippen MR) is 124 cm³/mol. The smallest absolute Gasteiger partial charge is 0.311 e. The van der Waals surface area contributed by atoms with Crippen molar-refractivity contribution in [2.45, 2.75) is 71.0 Å². The number of nitrogens with two attached hydrogens (primary N) is 1. The second kappa shape index (κ2) is 13.7. The van der Waals surface area contributed by atoms with E-state index in [-0.39, 0.29) is 24.0 Å². The Hall–Kier alpha value is -2.60. The number of hydrogen-bond donors (Lipinski definition) is 3. The van der Waals surface area contributed by atoms with Gasteiger partial charge >= 0.3 is 5.97 Å². The Kier molecular flexibility index (Phi) is 10.9. The van der Waals surface area contributed by atoms with Crippen molar-refractivity contribution in [2.75, 3.05) is 6.61 Å². The van der Waals surface area contributed by atoms with Gasteiger partial charge in [0, 0.05) is 24.3 Å². The van der Waals surface area contributed by atoms with Crippen LogP contribution in [0.15, 0.2) is 53.8 Å². The zero-order valence-electron chi connectivity index (χ0n) is 18.8. The van der Waals surface area contributed by atoms with Crippen molar-refractivity contribution >= 4 is 12.4 Å². The Morgan fingerprint density at radius 1 is 1.19 bits per heavy atom. The van der Waals surface area contributed by atoms with Gasteiger partial charge in [0.2, 0.25) is 6.41 Å². The molecule has 3 rings (SSSR count). The number of carbonyl (C=O) groups is 2. The molecule has 3 unspecified atom stereocenters. The molecule has 31 heavy (non-hydrogen) atoms. The van der Waals surface area contributed by atoms with Crippen LogP contribution in [0.4, 0.5) is 0 Å². The molecule has 6 heteroatoms. The number of ether oxygens (including phenoxy) is 1. The van der Waals surface area contributed by atoms with Gasteiger partial charge in [-0.05, 0) is 63.5 Å². The molecule has 0 saturated carbocycles. The number of hydrogen-bond acceptors (Lipinski definition) is 5. The lowest BCUT2D eigenvalue weighted by Gasteiger charge is -2.25. The summed E-state index contributed by atoms with van der Waals surface area (Å²) in [6, 6.07) is 10.6. The summed E-state index contributed by atoms with van der Waals surface area (Å²) >= 11 is 0. The van der Waals surface area contributed by atoms with Crippen LogP contribution in [0.2, 0.25) is 0 Å². The van der Waals surface area contributed by atoms with Crippen molar-refractivity contribution < 1.29 is 14.3 Å². The Morgan fingerprint density at radius 2 is 1.90 bits per heavy atom. The topological polar surface area (TPSA) is 93.4 Å². The summed E-state index contributed by atoms with van der Waals surface area (Å²) in [5.41, 5.74) is 10.2. The van der Waals surface area contributed by atoms with E-state index < -0.39 is 0 Å². The van der Waals surface area contributed by atoms with Crippen LogP contribution in [-0.4, -0.2) is 31.1 Å². The summed E-state index contributed by atoms with van der Waals surface area (Å²) in [7, 11) is 0.